The summed E-state index contributed by atoms with van der Waals surface area (Å²) in [4.78, 5) is 13.7. The Balaban J connectivity index is 2.45. The Morgan fingerprint density at radius 1 is 1.50 bits per heavy atom. The Hall–Kier alpha value is -1.13. The molecule has 0 aromatic carbocycles. The highest BCUT2D eigenvalue weighted by Gasteiger charge is 2.34. The van der Waals surface area contributed by atoms with Crippen LogP contribution in [0.1, 0.15) is 17.7 Å². The van der Waals surface area contributed by atoms with Gasteiger partial charge in [-0.2, -0.15) is 0 Å². The fraction of sp³-hybridized carbons (Fsp3) is 0.500. The number of aromatic nitrogens is 1. The number of pyridine rings is 1. The molecular formula is C10H14N2O2. The molecule has 4 heteroatoms. The summed E-state index contributed by atoms with van der Waals surface area (Å²) in [7, 11) is 0. The smallest absolute Gasteiger partial charge is 0.248 e. The standard InChI is InChI=1S/C10H14N2O2/c1-7-8(2-3-9(13)12-7)10(14)4-5-11-6-10/h2-3,11,14H,4-6H2,1H3,(H,12,13). The number of aliphatic hydroxyl groups is 1. The Kier molecular flexibility index (Phi) is 2.17. The van der Waals surface area contributed by atoms with Crippen molar-refractivity contribution < 1.29 is 5.11 Å². The number of aryl methyl sites for hydroxylation is 1. The zero-order chi connectivity index (χ0) is 10.2. The van der Waals surface area contributed by atoms with Crippen molar-refractivity contribution in [2.45, 2.75) is 18.9 Å². The van der Waals surface area contributed by atoms with Gasteiger partial charge in [-0.05, 0) is 26.0 Å². The van der Waals surface area contributed by atoms with Gasteiger partial charge in [0, 0.05) is 23.9 Å². The number of β-amino-alcohol motifs (C(OH)–C–C–N with tert-alkyl or cyclic N) is 1. The molecular weight excluding hydrogens is 180 g/mol. The van der Waals surface area contributed by atoms with E-state index in [1.165, 1.54) is 6.07 Å². The van der Waals surface area contributed by atoms with Crippen LogP contribution >= 0.6 is 0 Å². The summed E-state index contributed by atoms with van der Waals surface area (Å²) < 4.78 is 0. The fourth-order valence-corrected chi connectivity index (χ4v) is 1.99. The number of rotatable bonds is 1. The zero-order valence-electron chi connectivity index (χ0n) is 8.13. The molecule has 0 aliphatic carbocycles. The van der Waals surface area contributed by atoms with Crippen molar-refractivity contribution in [2.24, 2.45) is 0 Å². The summed E-state index contributed by atoms with van der Waals surface area (Å²) in [5, 5.41) is 13.4. The van der Waals surface area contributed by atoms with Crippen LogP contribution in [0.4, 0.5) is 0 Å². The highest BCUT2D eigenvalue weighted by atomic mass is 16.3. The molecule has 0 bridgehead atoms. The van der Waals surface area contributed by atoms with Crippen molar-refractivity contribution in [3.8, 4) is 0 Å². The largest absolute Gasteiger partial charge is 0.384 e. The van der Waals surface area contributed by atoms with Crippen LogP contribution in [0.25, 0.3) is 0 Å². The lowest BCUT2D eigenvalue weighted by Gasteiger charge is -2.23. The van der Waals surface area contributed by atoms with E-state index in [2.05, 4.69) is 10.3 Å². The Morgan fingerprint density at radius 3 is 2.86 bits per heavy atom. The molecule has 76 valence electrons. The number of aromatic amines is 1. The van der Waals surface area contributed by atoms with Gasteiger partial charge in [-0.25, -0.2) is 0 Å². The van der Waals surface area contributed by atoms with Gasteiger partial charge in [-0.15, -0.1) is 0 Å². The molecule has 14 heavy (non-hydrogen) atoms. The lowest BCUT2D eigenvalue weighted by Crippen LogP contribution is -2.30. The molecule has 1 saturated heterocycles. The molecule has 1 aromatic rings. The molecule has 0 radical (unpaired) electrons. The molecule has 2 heterocycles. The summed E-state index contributed by atoms with van der Waals surface area (Å²) in [5.74, 6) is 0. The minimum Gasteiger partial charge on any atom is -0.384 e. The number of H-pyrrole nitrogens is 1. The van der Waals surface area contributed by atoms with E-state index in [1.807, 2.05) is 6.92 Å². The topological polar surface area (TPSA) is 65.1 Å². The van der Waals surface area contributed by atoms with Crippen LogP contribution in [-0.2, 0) is 5.60 Å². The molecule has 1 aromatic heterocycles. The quantitative estimate of drug-likeness (QED) is 0.583. The van der Waals surface area contributed by atoms with E-state index in [0.717, 1.165) is 17.8 Å². The van der Waals surface area contributed by atoms with E-state index in [-0.39, 0.29) is 5.56 Å². The third-order valence-electron chi connectivity index (χ3n) is 2.75. The number of hydrogen-bond acceptors (Lipinski definition) is 3. The van der Waals surface area contributed by atoms with Gasteiger partial charge in [0.15, 0.2) is 0 Å². The average molecular weight is 194 g/mol. The highest BCUT2D eigenvalue weighted by Crippen LogP contribution is 2.28. The van der Waals surface area contributed by atoms with E-state index in [1.54, 1.807) is 6.07 Å². The SMILES string of the molecule is Cc1[nH]c(=O)ccc1C1(O)CCNC1. The van der Waals surface area contributed by atoms with E-state index in [0.29, 0.717) is 13.0 Å². The van der Waals surface area contributed by atoms with Gasteiger partial charge in [0.1, 0.15) is 5.60 Å². The predicted molar refractivity (Wildman–Crippen MR) is 53.2 cm³/mol. The van der Waals surface area contributed by atoms with Crippen LogP contribution in [0.5, 0.6) is 0 Å². The first-order chi connectivity index (χ1) is 6.62. The summed E-state index contributed by atoms with van der Waals surface area (Å²) in [6.45, 7) is 3.18. The van der Waals surface area contributed by atoms with Crippen molar-refractivity contribution in [2.75, 3.05) is 13.1 Å². The van der Waals surface area contributed by atoms with Gasteiger partial charge in [0.05, 0.1) is 0 Å². The molecule has 1 aliphatic heterocycles. The lowest BCUT2D eigenvalue weighted by molar-refractivity contribution is 0.0576. The van der Waals surface area contributed by atoms with E-state index < -0.39 is 5.60 Å². The first-order valence-electron chi connectivity index (χ1n) is 4.75. The Bertz CT molecular complexity index is 391. The third-order valence-corrected chi connectivity index (χ3v) is 2.75. The average Bonchev–Trinajstić information content (AvgIpc) is 2.52. The fourth-order valence-electron chi connectivity index (χ4n) is 1.99. The van der Waals surface area contributed by atoms with E-state index in [9.17, 15) is 9.90 Å². The first kappa shape index (κ1) is 9.43. The second-order valence-electron chi connectivity index (χ2n) is 3.82. The summed E-state index contributed by atoms with van der Waals surface area (Å²) >= 11 is 0. The van der Waals surface area contributed by atoms with Crippen LogP contribution in [0.3, 0.4) is 0 Å². The molecule has 1 fully saturated rings. The molecule has 0 saturated carbocycles. The molecule has 1 unspecified atom stereocenters. The van der Waals surface area contributed by atoms with Crippen LogP contribution < -0.4 is 10.9 Å². The maximum atomic E-state index is 11.0. The first-order valence-corrected chi connectivity index (χ1v) is 4.75. The van der Waals surface area contributed by atoms with Crippen molar-refractivity contribution in [3.63, 3.8) is 0 Å². The second kappa shape index (κ2) is 3.22. The molecule has 0 amide bonds. The minimum atomic E-state index is -0.811. The third kappa shape index (κ3) is 1.47. The monoisotopic (exact) mass is 194 g/mol. The lowest BCUT2D eigenvalue weighted by atomic mass is 9.92. The van der Waals surface area contributed by atoms with Crippen LogP contribution in [0.15, 0.2) is 16.9 Å². The van der Waals surface area contributed by atoms with E-state index >= 15 is 0 Å². The van der Waals surface area contributed by atoms with Gasteiger partial charge in [0.25, 0.3) is 0 Å². The molecule has 2 rings (SSSR count). The van der Waals surface area contributed by atoms with Gasteiger partial charge in [-0.1, -0.05) is 0 Å². The highest BCUT2D eigenvalue weighted by molar-refractivity contribution is 5.27. The van der Waals surface area contributed by atoms with E-state index in [4.69, 9.17) is 0 Å². The summed E-state index contributed by atoms with van der Waals surface area (Å²) in [5.41, 5.74) is 0.639. The van der Waals surface area contributed by atoms with Crippen molar-refractivity contribution in [1.82, 2.24) is 10.3 Å². The predicted octanol–water partition coefficient (Wildman–Crippen LogP) is -0.136. The van der Waals surface area contributed by atoms with Gasteiger partial charge in [0.2, 0.25) is 5.56 Å². The summed E-state index contributed by atoms with van der Waals surface area (Å²) in [6.07, 6.45) is 0.694. The van der Waals surface area contributed by atoms with Crippen molar-refractivity contribution >= 4 is 0 Å². The molecule has 0 spiro atoms. The number of hydrogen-bond donors (Lipinski definition) is 3. The Morgan fingerprint density at radius 2 is 2.29 bits per heavy atom. The van der Waals surface area contributed by atoms with Crippen molar-refractivity contribution in [1.29, 1.82) is 0 Å². The zero-order valence-corrected chi connectivity index (χ0v) is 8.13. The molecule has 1 atom stereocenters. The maximum Gasteiger partial charge on any atom is 0.248 e. The van der Waals surface area contributed by atoms with Crippen molar-refractivity contribution in [3.05, 3.63) is 33.7 Å². The van der Waals surface area contributed by atoms with Crippen LogP contribution in [0.2, 0.25) is 0 Å². The van der Waals surface area contributed by atoms with Crippen LogP contribution in [-0.4, -0.2) is 23.2 Å². The summed E-state index contributed by atoms with van der Waals surface area (Å²) in [6, 6.07) is 3.17. The Labute approximate surface area is 82.0 Å². The number of nitrogens with one attached hydrogen (secondary N) is 2. The normalized spacial score (nSPS) is 26.7. The molecule has 4 nitrogen and oxygen atoms in total. The molecule has 3 N–H and O–H groups in total. The second-order valence-corrected chi connectivity index (χ2v) is 3.82. The van der Waals surface area contributed by atoms with Crippen LogP contribution in [0, 0.1) is 6.92 Å². The molecule has 1 aliphatic rings. The van der Waals surface area contributed by atoms with Gasteiger partial charge in [-0.3, -0.25) is 4.79 Å². The minimum absolute atomic E-state index is 0.124. The van der Waals surface area contributed by atoms with Gasteiger partial charge >= 0.3 is 0 Å². The van der Waals surface area contributed by atoms with Gasteiger partial charge < -0.3 is 15.4 Å². The maximum absolute atomic E-state index is 11.0.